The van der Waals surface area contributed by atoms with Crippen LogP contribution in [0.25, 0.3) is 11.3 Å². The molecule has 2 aromatic carbocycles. The maximum absolute atomic E-state index is 13.0. The standard InChI is InChI=1S/C21H22FN3O3S/c1-14-12-15(2)21(16(3)13-14)29(26,27)23-10-11-28-20-9-8-19(24-25-20)17-4-6-18(22)7-5-17/h4-9,12-13,23H,10-11H2,1-3H3. The molecule has 0 bridgehead atoms. The Morgan fingerprint density at radius 2 is 1.62 bits per heavy atom. The number of nitrogens with one attached hydrogen (secondary N) is 1. The van der Waals surface area contributed by atoms with E-state index >= 15 is 0 Å². The van der Waals surface area contributed by atoms with E-state index in [0.29, 0.717) is 21.7 Å². The zero-order valence-corrected chi connectivity index (χ0v) is 17.3. The molecule has 0 aliphatic heterocycles. The van der Waals surface area contributed by atoms with Crippen LogP contribution in [0, 0.1) is 26.6 Å². The van der Waals surface area contributed by atoms with Crippen LogP contribution in [0.3, 0.4) is 0 Å². The molecule has 1 heterocycles. The predicted octanol–water partition coefficient (Wildman–Crippen LogP) is 3.57. The van der Waals surface area contributed by atoms with Crippen LogP contribution in [0.15, 0.2) is 53.4 Å². The summed E-state index contributed by atoms with van der Waals surface area (Å²) in [7, 11) is -3.64. The zero-order chi connectivity index (χ0) is 21.0. The van der Waals surface area contributed by atoms with E-state index in [1.807, 2.05) is 19.1 Å². The Balaban J connectivity index is 1.57. The maximum atomic E-state index is 13.0. The van der Waals surface area contributed by atoms with Crippen LogP contribution in [0.2, 0.25) is 0 Å². The topological polar surface area (TPSA) is 81.2 Å². The monoisotopic (exact) mass is 415 g/mol. The summed E-state index contributed by atoms with van der Waals surface area (Å²) in [6.45, 7) is 5.69. The number of aromatic nitrogens is 2. The number of nitrogens with zero attached hydrogens (tertiary/aromatic N) is 2. The third-order valence-corrected chi connectivity index (χ3v) is 6.06. The fraction of sp³-hybridized carbons (Fsp3) is 0.238. The smallest absolute Gasteiger partial charge is 0.241 e. The Hall–Kier alpha value is -2.84. The van der Waals surface area contributed by atoms with Gasteiger partial charge in [-0.2, -0.15) is 0 Å². The Morgan fingerprint density at radius 3 is 2.21 bits per heavy atom. The number of hydrogen-bond acceptors (Lipinski definition) is 5. The van der Waals surface area contributed by atoms with E-state index in [1.54, 1.807) is 38.1 Å². The van der Waals surface area contributed by atoms with E-state index in [2.05, 4.69) is 14.9 Å². The SMILES string of the molecule is Cc1cc(C)c(S(=O)(=O)NCCOc2ccc(-c3ccc(F)cc3)nn2)c(C)c1. The summed E-state index contributed by atoms with van der Waals surface area (Å²) >= 11 is 0. The first-order chi connectivity index (χ1) is 13.8. The Bertz CT molecular complexity index is 1080. The minimum atomic E-state index is -3.64. The number of benzene rings is 2. The van der Waals surface area contributed by atoms with Gasteiger partial charge < -0.3 is 4.74 Å². The van der Waals surface area contributed by atoms with Gasteiger partial charge in [-0.3, -0.25) is 0 Å². The highest BCUT2D eigenvalue weighted by molar-refractivity contribution is 7.89. The lowest BCUT2D eigenvalue weighted by Crippen LogP contribution is -2.29. The molecule has 8 heteroatoms. The van der Waals surface area contributed by atoms with Crippen molar-refractivity contribution >= 4 is 10.0 Å². The molecule has 0 radical (unpaired) electrons. The quantitative estimate of drug-likeness (QED) is 0.597. The van der Waals surface area contributed by atoms with Crippen LogP contribution in [0.5, 0.6) is 5.88 Å². The molecular weight excluding hydrogens is 393 g/mol. The van der Waals surface area contributed by atoms with Crippen molar-refractivity contribution in [3.05, 3.63) is 71.0 Å². The van der Waals surface area contributed by atoms with Gasteiger partial charge in [-0.1, -0.05) is 17.7 Å². The second kappa shape index (κ2) is 8.67. The molecule has 0 unspecified atom stereocenters. The van der Waals surface area contributed by atoms with E-state index in [1.165, 1.54) is 12.1 Å². The van der Waals surface area contributed by atoms with Gasteiger partial charge in [-0.25, -0.2) is 17.5 Å². The van der Waals surface area contributed by atoms with Gasteiger partial charge in [0.2, 0.25) is 15.9 Å². The highest BCUT2D eigenvalue weighted by atomic mass is 32.2. The normalized spacial score (nSPS) is 11.4. The lowest BCUT2D eigenvalue weighted by atomic mass is 10.1. The van der Waals surface area contributed by atoms with Gasteiger partial charge in [-0.15, -0.1) is 10.2 Å². The van der Waals surface area contributed by atoms with Gasteiger partial charge in [0.15, 0.2) is 0 Å². The molecule has 1 N–H and O–H groups in total. The fourth-order valence-corrected chi connectivity index (χ4v) is 4.63. The van der Waals surface area contributed by atoms with Crippen LogP contribution in [-0.4, -0.2) is 31.8 Å². The highest BCUT2D eigenvalue weighted by Crippen LogP contribution is 2.21. The molecule has 152 valence electrons. The second-order valence-electron chi connectivity index (χ2n) is 6.74. The van der Waals surface area contributed by atoms with Crippen LogP contribution in [0.4, 0.5) is 4.39 Å². The van der Waals surface area contributed by atoms with Crippen molar-refractivity contribution in [2.75, 3.05) is 13.2 Å². The van der Waals surface area contributed by atoms with Crippen molar-refractivity contribution in [3.8, 4) is 17.1 Å². The minimum Gasteiger partial charge on any atom is -0.475 e. The number of hydrogen-bond donors (Lipinski definition) is 1. The molecule has 0 saturated heterocycles. The average molecular weight is 415 g/mol. The molecule has 29 heavy (non-hydrogen) atoms. The lowest BCUT2D eigenvalue weighted by Gasteiger charge is -2.13. The number of ether oxygens (including phenoxy) is 1. The molecule has 6 nitrogen and oxygen atoms in total. The zero-order valence-electron chi connectivity index (χ0n) is 16.4. The molecule has 0 amide bonds. The van der Waals surface area contributed by atoms with Gasteiger partial charge in [0.25, 0.3) is 0 Å². The van der Waals surface area contributed by atoms with Crippen LogP contribution in [-0.2, 0) is 10.0 Å². The number of aryl methyl sites for hydroxylation is 3. The van der Waals surface area contributed by atoms with Gasteiger partial charge in [0, 0.05) is 18.2 Å². The maximum Gasteiger partial charge on any atom is 0.241 e. The Morgan fingerprint density at radius 1 is 0.966 bits per heavy atom. The molecule has 3 rings (SSSR count). The lowest BCUT2D eigenvalue weighted by molar-refractivity contribution is 0.307. The molecule has 0 fully saturated rings. The summed E-state index contributed by atoms with van der Waals surface area (Å²) in [5.41, 5.74) is 3.76. The summed E-state index contributed by atoms with van der Waals surface area (Å²) in [4.78, 5) is 0.298. The summed E-state index contributed by atoms with van der Waals surface area (Å²) < 4.78 is 46.2. The van der Waals surface area contributed by atoms with E-state index in [9.17, 15) is 12.8 Å². The van der Waals surface area contributed by atoms with Crippen molar-refractivity contribution in [2.24, 2.45) is 0 Å². The van der Waals surface area contributed by atoms with Crippen LogP contribution in [0.1, 0.15) is 16.7 Å². The van der Waals surface area contributed by atoms with Crippen molar-refractivity contribution in [1.82, 2.24) is 14.9 Å². The molecule has 1 aromatic heterocycles. The van der Waals surface area contributed by atoms with Crippen molar-refractivity contribution in [1.29, 1.82) is 0 Å². The summed E-state index contributed by atoms with van der Waals surface area (Å²) in [6.07, 6.45) is 0. The molecule has 0 atom stereocenters. The first-order valence-corrected chi connectivity index (χ1v) is 10.5. The first-order valence-electron chi connectivity index (χ1n) is 9.06. The minimum absolute atomic E-state index is 0.0937. The van der Waals surface area contributed by atoms with Crippen LogP contribution < -0.4 is 9.46 Å². The molecule has 0 aliphatic carbocycles. The van der Waals surface area contributed by atoms with Gasteiger partial charge >= 0.3 is 0 Å². The number of halogens is 1. The van der Waals surface area contributed by atoms with Gasteiger partial charge in [0.05, 0.1) is 10.6 Å². The van der Waals surface area contributed by atoms with Gasteiger partial charge in [-0.05, 0) is 62.2 Å². The van der Waals surface area contributed by atoms with Crippen molar-refractivity contribution in [3.63, 3.8) is 0 Å². The second-order valence-corrected chi connectivity index (χ2v) is 8.44. The van der Waals surface area contributed by atoms with Crippen molar-refractivity contribution in [2.45, 2.75) is 25.7 Å². The average Bonchev–Trinajstić information content (AvgIpc) is 2.65. The Kier molecular flexibility index (Phi) is 6.24. The third-order valence-electron chi connectivity index (χ3n) is 4.30. The van der Waals surface area contributed by atoms with Crippen LogP contribution >= 0.6 is 0 Å². The highest BCUT2D eigenvalue weighted by Gasteiger charge is 2.19. The molecular formula is C21H22FN3O3S. The van der Waals surface area contributed by atoms with E-state index in [-0.39, 0.29) is 24.8 Å². The summed E-state index contributed by atoms with van der Waals surface area (Å²) in [5, 5.41) is 8.01. The number of rotatable bonds is 7. The largest absolute Gasteiger partial charge is 0.475 e. The first kappa shape index (κ1) is 20.9. The van der Waals surface area contributed by atoms with E-state index < -0.39 is 10.0 Å². The van der Waals surface area contributed by atoms with Crippen molar-refractivity contribution < 1.29 is 17.5 Å². The van der Waals surface area contributed by atoms with E-state index in [0.717, 1.165) is 11.1 Å². The molecule has 3 aromatic rings. The van der Waals surface area contributed by atoms with E-state index in [4.69, 9.17) is 4.74 Å². The molecule has 0 saturated carbocycles. The van der Waals surface area contributed by atoms with Gasteiger partial charge in [0.1, 0.15) is 12.4 Å². The molecule has 0 spiro atoms. The third kappa shape index (κ3) is 5.16. The fourth-order valence-electron chi connectivity index (χ4n) is 3.17. The molecule has 0 aliphatic rings. The summed E-state index contributed by atoms with van der Waals surface area (Å²) in [5.74, 6) is -0.0436. The predicted molar refractivity (Wildman–Crippen MR) is 109 cm³/mol. The Labute approximate surface area is 169 Å². The number of sulfonamides is 1. The summed E-state index contributed by atoms with van der Waals surface area (Å²) in [6, 6.07) is 13.0.